The maximum atomic E-state index is 8.01. The van der Waals surface area contributed by atoms with Gasteiger partial charge in [0.25, 0.3) is 0 Å². The second-order valence-electron chi connectivity index (χ2n) is 1.29. The van der Waals surface area contributed by atoms with Crippen LogP contribution in [0.1, 0.15) is 19.8 Å². The Morgan fingerprint density at radius 2 is 2.25 bits per heavy atom. The zero-order valence-corrected chi connectivity index (χ0v) is 6.00. The molecule has 0 unspecified atom stereocenters. The molecule has 0 fully saturated rings. The van der Waals surface area contributed by atoms with Gasteiger partial charge in [-0.2, -0.15) is 5.26 Å². The quantitative estimate of drug-likeness (QED) is 0.473. The van der Waals surface area contributed by atoms with Crippen LogP contribution >= 0.6 is 11.8 Å². The molecular formula is C5H12N2S. The predicted octanol–water partition coefficient (Wildman–Crippen LogP) is 2.16. The molecule has 0 spiro atoms. The van der Waals surface area contributed by atoms with Crippen LogP contribution in [0.25, 0.3) is 0 Å². The first kappa shape index (κ1) is 10.7. The average molecular weight is 132 g/mol. The zero-order chi connectivity index (χ0) is 5.54. The molecule has 0 atom stereocenters. The summed E-state index contributed by atoms with van der Waals surface area (Å²) in [5, 5.41) is 10.0. The molecule has 0 aromatic rings. The molecule has 0 saturated heterocycles. The van der Waals surface area contributed by atoms with Gasteiger partial charge in [0, 0.05) is 5.75 Å². The summed E-state index contributed by atoms with van der Waals surface area (Å²) in [6, 6.07) is 0. The van der Waals surface area contributed by atoms with Gasteiger partial charge in [-0.3, -0.25) is 0 Å². The largest absolute Gasteiger partial charge is 0.344 e. The summed E-state index contributed by atoms with van der Waals surface area (Å²) >= 11 is 1.34. The number of thiocyanates is 1. The lowest BCUT2D eigenvalue weighted by molar-refractivity contribution is 0.898. The molecule has 0 aromatic carbocycles. The number of nitrogens with zero attached hydrogens (tertiary/aromatic N) is 1. The number of rotatable bonds is 3. The van der Waals surface area contributed by atoms with E-state index in [2.05, 4.69) is 6.92 Å². The molecule has 0 saturated carbocycles. The summed E-state index contributed by atoms with van der Waals surface area (Å²) in [5.74, 6) is 0.993. The van der Waals surface area contributed by atoms with Gasteiger partial charge in [0.05, 0.1) is 0 Å². The Hall–Kier alpha value is -0.200. The first-order valence-corrected chi connectivity index (χ1v) is 3.41. The molecule has 0 heterocycles. The summed E-state index contributed by atoms with van der Waals surface area (Å²) in [4.78, 5) is 0. The van der Waals surface area contributed by atoms with E-state index in [1.54, 1.807) is 0 Å². The highest BCUT2D eigenvalue weighted by Gasteiger charge is 1.80. The molecule has 0 bridgehead atoms. The van der Waals surface area contributed by atoms with Crippen LogP contribution in [0.5, 0.6) is 0 Å². The van der Waals surface area contributed by atoms with Gasteiger partial charge in [-0.15, -0.1) is 0 Å². The summed E-state index contributed by atoms with van der Waals surface area (Å²) in [5.41, 5.74) is 0. The Labute approximate surface area is 54.9 Å². The zero-order valence-electron chi connectivity index (χ0n) is 5.18. The highest BCUT2D eigenvalue weighted by molar-refractivity contribution is 8.03. The van der Waals surface area contributed by atoms with Crippen molar-refractivity contribution >= 4 is 11.8 Å². The van der Waals surface area contributed by atoms with Crippen molar-refractivity contribution in [2.75, 3.05) is 5.75 Å². The van der Waals surface area contributed by atoms with Gasteiger partial charge in [-0.1, -0.05) is 13.3 Å². The van der Waals surface area contributed by atoms with Crippen molar-refractivity contribution in [3.63, 3.8) is 0 Å². The smallest absolute Gasteiger partial charge is 0.133 e. The standard InChI is InChI=1S/C5H9NS.H3N/c1-2-3-4-7-5-6;/h2-4H2,1H3;1H3. The van der Waals surface area contributed by atoms with E-state index in [1.165, 1.54) is 18.2 Å². The molecule has 2 nitrogen and oxygen atoms in total. The van der Waals surface area contributed by atoms with Crippen molar-refractivity contribution in [2.45, 2.75) is 19.8 Å². The molecule has 0 aliphatic rings. The highest BCUT2D eigenvalue weighted by atomic mass is 32.2. The molecule has 0 aliphatic heterocycles. The molecule has 0 amide bonds. The lowest BCUT2D eigenvalue weighted by Gasteiger charge is -1.84. The molecular weight excluding hydrogens is 120 g/mol. The van der Waals surface area contributed by atoms with Crippen molar-refractivity contribution in [1.82, 2.24) is 6.15 Å². The van der Waals surface area contributed by atoms with Crippen molar-refractivity contribution in [3.05, 3.63) is 0 Å². The molecule has 3 N–H and O–H groups in total. The third kappa shape index (κ3) is 9.25. The van der Waals surface area contributed by atoms with Crippen LogP contribution in [0.3, 0.4) is 0 Å². The molecule has 0 rings (SSSR count). The van der Waals surface area contributed by atoms with Gasteiger partial charge in [-0.25, -0.2) is 0 Å². The first-order chi connectivity index (χ1) is 3.41. The number of nitriles is 1. The van der Waals surface area contributed by atoms with Gasteiger partial charge in [0.1, 0.15) is 5.40 Å². The van der Waals surface area contributed by atoms with E-state index in [0.29, 0.717) is 0 Å². The van der Waals surface area contributed by atoms with Gasteiger partial charge < -0.3 is 6.15 Å². The topological polar surface area (TPSA) is 58.8 Å². The maximum absolute atomic E-state index is 8.01. The monoisotopic (exact) mass is 132 g/mol. The fourth-order valence-electron chi connectivity index (χ4n) is 0.262. The van der Waals surface area contributed by atoms with Crippen molar-refractivity contribution in [2.24, 2.45) is 0 Å². The lowest BCUT2D eigenvalue weighted by Crippen LogP contribution is -1.71. The highest BCUT2D eigenvalue weighted by Crippen LogP contribution is 1.99. The number of thioether (sulfide) groups is 1. The maximum Gasteiger partial charge on any atom is 0.133 e. The van der Waals surface area contributed by atoms with E-state index in [0.717, 1.165) is 12.2 Å². The van der Waals surface area contributed by atoms with Gasteiger partial charge in [0.15, 0.2) is 0 Å². The van der Waals surface area contributed by atoms with E-state index in [1.807, 2.05) is 5.40 Å². The first-order valence-electron chi connectivity index (χ1n) is 2.42. The molecule has 3 heteroatoms. The number of hydrogen-bond donors (Lipinski definition) is 1. The fourth-order valence-corrected chi connectivity index (χ4v) is 0.786. The van der Waals surface area contributed by atoms with Crippen LogP contribution in [0.2, 0.25) is 0 Å². The van der Waals surface area contributed by atoms with Crippen LogP contribution in [0.15, 0.2) is 0 Å². The predicted molar refractivity (Wildman–Crippen MR) is 38.0 cm³/mol. The SMILES string of the molecule is CCCCSC#N.N. The molecule has 48 valence electrons. The number of unbranched alkanes of at least 4 members (excludes halogenated alkanes) is 1. The van der Waals surface area contributed by atoms with Crippen LogP contribution < -0.4 is 6.15 Å². The summed E-state index contributed by atoms with van der Waals surface area (Å²) < 4.78 is 0. The van der Waals surface area contributed by atoms with Crippen LogP contribution in [0.4, 0.5) is 0 Å². The van der Waals surface area contributed by atoms with Crippen molar-refractivity contribution in [1.29, 1.82) is 5.26 Å². The summed E-state index contributed by atoms with van der Waals surface area (Å²) in [6.07, 6.45) is 2.35. The van der Waals surface area contributed by atoms with Crippen LogP contribution in [-0.4, -0.2) is 5.75 Å². The Bertz CT molecular complexity index is 67.3. The average Bonchev–Trinajstić information content (AvgIpc) is 1.69. The molecule has 0 radical (unpaired) electrons. The summed E-state index contributed by atoms with van der Waals surface area (Å²) in [7, 11) is 0. The minimum atomic E-state index is 0. The third-order valence-corrected chi connectivity index (χ3v) is 1.29. The lowest BCUT2D eigenvalue weighted by atomic mass is 10.4. The van der Waals surface area contributed by atoms with Gasteiger partial charge in [-0.05, 0) is 18.2 Å². The van der Waals surface area contributed by atoms with E-state index >= 15 is 0 Å². The Kier molecular flexibility index (Phi) is 13.3. The summed E-state index contributed by atoms with van der Waals surface area (Å²) in [6.45, 7) is 2.12. The van der Waals surface area contributed by atoms with Gasteiger partial charge >= 0.3 is 0 Å². The molecule has 8 heavy (non-hydrogen) atoms. The third-order valence-electron chi connectivity index (χ3n) is 0.665. The second-order valence-corrected chi connectivity index (χ2v) is 2.17. The molecule has 0 aliphatic carbocycles. The molecule has 0 aromatic heterocycles. The van der Waals surface area contributed by atoms with Crippen LogP contribution in [0, 0.1) is 10.7 Å². The Balaban J connectivity index is 0. The van der Waals surface area contributed by atoms with Crippen LogP contribution in [-0.2, 0) is 0 Å². The van der Waals surface area contributed by atoms with E-state index in [4.69, 9.17) is 5.26 Å². The minimum Gasteiger partial charge on any atom is -0.344 e. The minimum absolute atomic E-state index is 0. The van der Waals surface area contributed by atoms with E-state index < -0.39 is 0 Å². The van der Waals surface area contributed by atoms with Crippen molar-refractivity contribution < 1.29 is 0 Å². The Morgan fingerprint density at radius 1 is 1.62 bits per heavy atom. The number of hydrogen-bond acceptors (Lipinski definition) is 3. The second kappa shape index (κ2) is 9.93. The normalized spacial score (nSPS) is 7.00. The van der Waals surface area contributed by atoms with Crippen molar-refractivity contribution in [3.8, 4) is 5.40 Å². The van der Waals surface area contributed by atoms with E-state index in [-0.39, 0.29) is 6.15 Å². The fraction of sp³-hybridized carbons (Fsp3) is 0.800. The van der Waals surface area contributed by atoms with Gasteiger partial charge in [0.2, 0.25) is 0 Å². The Morgan fingerprint density at radius 3 is 2.62 bits per heavy atom. The van der Waals surface area contributed by atoms with E-state index in [9.17, 15) is 0 Å².